The lowest BCUT2D eigenvalue weighted by Crippen LogP contribution is -1.97. The number of aliphatic hydroxyl groups excluding tert-OH is 1. The highest BCUT2D eigenvalue weighted by Gasteiger charge is 2.03. The molecule has 1 aliphatic rings. The van der Waals surface area contributed by atoms with Crippen molar-refractivity contribution >= 4 is 11.9 Å². The molecule has 33 heavy (non-hydrogen) atoms. The molecule has 0 amide bonds. The highest BCUT2D eigenvalue weighted by atomic mass is 16.5. The monoisotopic (exact) mass is 442 g/mol. The highest BCUT2D eigenvalue weighted by Crippen LogP contribution is 2.21. The molecule has 0 unspecified atom stereocenters. The minimum atomic E-state index is 0.0200. The summed E-state index contributed by atoms with van der Waals surface area (Å²) in [7, 11) is 0. The van der Waals surface area contributed by atoms with Crippen LogP contribution in [-0.4, -0.2) is 24.1 Å². The van der Waals surface area contributed by atoms with Crippen LogP contribution < -0.4 is 4.74 Å². The van der Waals surface area contributed by atoms with Crippen molar-refractivity contribution in [3.05, 3.63) is 107 Å². The molecule has 0 saturated carbocycles. The molecule has 1 N–H and O–H groups in total. The summed E-state index contributed by atoms with van der Waals surface area (Å²) < 4.78 is 5.85. The summed E-state index contributed by atoms with van der Waals surface area (Å²) >= 11 is 0. The number of hydrogen-bond acceptors (Lipinski definition) is 3. The van der Waals surface area contributed by atoms with E-state index in [0.29, 0.717) is 12.2 Å². The van der Waals surface area contributed by atoms with E-state index in [2.05, 4.69) is 30.4 Å². The number of ketones is 1. The van der Waals surface area contributed by atoms with Crippen molar-refractivity contribution < 1.29 is 14.6 Å². The molecule has 0 fully saturated rings. The van der Waals surface area contributed by atoms with Crippen LogP contribution in [0.3, 0.4) is 0 Å². The maximum atomic E-state index is 12.2. The molecular weight excluding hydrogens is 408 g/mol. The van der Waals surface area contributed by atoms with E-state index in [1.165, 1.54) is 24.8 Å². The Morgan fingerprint density at radius 2 is 1.61 bits per heavy atom. The Morgan fingerprint density at radius 3 is 2.30 bits per heavy atom. The average Bonchev–Trinajstić information content (AvgIpc) is 2.86. The molecule has 2 aromatic rings. The second-order valence-corrected chi connectivity index (χ2v) is 8.29. The molecule has 0 spiro atoms. The zero-order valence-corrected chi connectivity index (χ0v) is 19.3. The van der Waals surface area contributed by atoms with E-state index < -0.39 is 0 Å². The number of aliphatic hydroxyl groups is 1. The number of carbonyl (C=O) groups is 1. The first-order valence-corrected chi connectivity index (χ1v) is 11.9. The van der Waals surface area contributed by atoms with Gasteiger partial charge in [0.2, 0.25) is 0 Å². The van der Waals surface area contributed by atoms with Gasteiger partial charge in [-0.2, -0.15) is 0 Å². The van der Waals surface area contributed by atoms with E-state index in [9.17, 15) is 4.79 Å². The minimum absolute atomic E-state index is 0.0200. The number of benzene rings is 2. The maximum Gasteiger partial charge on any atom is 0.185 e. The summed E-state index contributed by atoms with van der Waals surface area (Å²) in [6, 6.07) is 17.5. The zero-order chi connectivity index (χ0) is 23.1. The summed E-state index contributed by atoms with van der Waals surface area (Å²) in [5.74, 6) is 0.929. The lowest BCUT2D eigenvalue weighted by Gasteiger charge is -2.08. The fourth-order valence-corrected chi connectivity index (χ4v) is 3.66. The molecule has 0 bridgehead atoms. The van der Waals surface area contributed by atoms with Crippen LogP contribution in [0, 0.1) is 0 Å². The van der Waals surface area contributed by atoms with Gasteiger partial charge in [-0.25, -0.2) is 0 Å². The Balaban J connectivity index is 1.40. The summed E-state index contributed by atoms with van der Waals surface area (Å²) in [6.45, 7) is 1.05. The summed E-state index contributed by atoms with van der Waals surface area (Å²) in [4.78, 5) is 12.2. The van der Waals surface area contributed by atoms with E-state index >= 15 is 0 Å². The first-order valence-electron chi connectivity index (χ1n) is 11.9. The smallest absolute Gasteiger partial charge is 0.185 e. The number of allylic oxidation sites excluding steroid dienone is 7. The predicted molar refractivity (Wildman–Crippen MR) is 136 cm³/mol. The number of unbranched alkanes of at least 4 members (excludes halogenated alkanes) is 5. The van der Waals surface area contributed by atoms with E-state index in [-0.39, 0.29) is 5.78 Å². The predicted octanol–water partition coefficient (Wildman–Crippen LogP) is 7.11. The van der Waals surface area contributed by atoms with Gasteiger partial charge < -0.3 is 9.84 Å². The Bertz CT molecular complexity index is 979. The van der Waals surface area contributed by atoms with E-state index in [4.69, 9.17) is 9.84 Å². The number of rotatable bonds is 13. The van der Waals surface area contributed by atoms with Crippen molar-refractivity contribution in [3.8, 4) is 5.75 Å². The average molecular weight is 443 g/mol. The second-order valence-electron chi connectivity index (χ2n) is 8.29. The van der Waals surface area contributed by atoms with Gasteiger partial charge in [-0.15, -0.1) is 0 Å². The topological polar surface area (TPSA) is 46.5 Å². The zero-order valence-electron chi connectivity index (χ0n) is 19.3. The Hall–Kier alpha value is -3.17. The number of ether oxygens (including phenoxy) is 1. The molecule has 3 heteroatoms. The number of carbonyl (C=O) groups excluding carboxylic acids is 1. The van der Waals surface area contributed by atoms with Gasteiger partial charge in [-0.1, -0.05) is 98.5 Å². The Labute approximate surface area is 197 Å². The quantitative estimate of drug-likeness (QED) is 0.204. The van der Waals surface area contributed by atoms with Gasteiger partial charge in [0.15, 0.2) is 5.78 Å². The molecule has 0 heterocycles. The van der Waals surface area contributed by atoms with Crippen LogP contribution in [0.1, 0.15) is 60.9 Å². The first-order chi connectivity index (χ1) is 16.2. The molecule has 0 atom stereocenters. The normalized spacial score (nSPS) is 14.6. The minimum Gasteiger partial charge on any atom is -0.494 e. The third-order valence-electron chi connectivity index (χ3n) is 5.60. The van der Waals surface area contributed by atoms with Gasteiger partial charge in [0.1, 0.15) is 5.75 Å². The number of hydrogen-bond donors (Lipinski definition) is 1. The highest BCUT2D eigenvalue weighted by molar-refractivity contribution is 6.04. The van der Waals surface area contributed by atoms with Crippen LogP contribution in [-0.2, 0) is 0 Å². The SMILES string of the molecule is O=C(C=CC1=CCC(=Cc2ccc(OCCCCCCCCO)cc2)C=C1)c1ccccc1. The Morgan fingerprint density at radius 1 is 0.879 bits per heavy atom. The fourth-order valence-electron chi connectivity index (χ4n) is 3.66. The molecule has 1 aliphatic carbocycles. The molecule has 2 aromatic carbocycles. The summed E-state index contributed by atoms with van der Waals surface area (Å²) in [5, 5.41) is 8.78. The van der Waals surface area contributed by atoms with Crippen LogP contribution in [0.2, 0.25) is 0 Å². The van der Waals surface area contributed by atoms with Gasteiger partial charge in [-0.3, -0.25) is 4.79 Å². The second kappa shape index (κ2) is 14.1. The van der Waals surface area contributed by atoms with Crippen LogP contribution in [0.5, 0.6) is 5.75 Å². The van der Waals surface area contributed by atoms with Crippen molar-refractivity contribution in [2.24, 2.45) is 0 Å². The van der Waals surface area contributed by atoms with Crippen LogP contribution in [0.25, 0.3) is 6.08 Å². The van der Waals surface area contributed by atoms with E-state index in [1.54, 1.807) is 6.08 Å². The summed E-state index contributed by atoms with van der Waals surface area (Å²) in [5.41, 5.74) is 4.14. The standard InChI is InChI=1S/C30H34O3/c31-22-8-3-1-2-4-9-23-33-29-19-16-27(17-20-29)24-26-14-12-25(13-15-26)18-21-30(32)28-10-6-5-7-11-28/h5-7,10-14,16-21,24,31H,1-4,8-9,15,22-23H2. The Kier molecular flexibility index (Phi) is 10.4. The van der Waals surface area contributed by atoms with Crippen molar-refractivity contribution in [2.75, 3.05) is 13.2 Å². The summed E-state index contributed by atoms with van der Waals surface area (Å²) in [6.07, 6.45) is 19.5. The lowest BCUT2D eigenvalue weighted by atomic mass is 9.99. The van der Waals surface area contributed by atoms with Gasteiger partial charge in [0.25, 0.3) is 0 Å². The fraction of sp³-hybridized carbons (Fsp3) is 0.300. The van der Waals surface area contributed by atoms with Gasteiger partial charge in [-0.05, 0) is 54.2 Å². The van der Waals surface area contributed by atoms with E-state index in [0.717, 1.165) is 49.2 Å². The van der Waals surface area contributed by atoms with Crippen molar-refractivity contribution in [1.29, 1.82) is 0 Å². The molecular formula is C30H34O3. The lowest BCUT2D eigenvalue weighted by molar-refractivity contribution is 0.104. The van der Waals surface area contributed by atoms with Crippen LogP contribution in [0.15, 0.2) is 96.1 Å². The van der Waals surface area contributed by atoms with Crippen molar-refractivity contribution in [2.45, 2.75) is 44.9 Å². The largest absolute Gasteiger partial charge is 0.494 e. The van der Waals surface area contributed by atoms with Crippen LogP contribution >= 0.6 is 0 Å². The maximum absolute atomic E-state index is 12.2. The molecule has 3 nitrogen and oxygen atoms in total. The van der Waals surface area contributed by atoms with Crippen molar-refractivity contribution in [3.63, 3.8) is 0 Å². The van der Waals surface area contributed by atoms with E-state index in [1.807, 2.05) is 54.6 Å². The molecule has 172 valence electrons. The van der Waals surface area contributed by atoms with Crippen LogP contribution in [0.4, 0.5) is 0 Å². The van der Waals surface area contributed by atoms with Gasteiger partial charge in [0.05, 0.1) is 6.61 Å². The third-order valence-corrected chi connectivity index (χ3v) is 5.60. The third kappa shape index (κ3) is 9.07. The molecule has 0 radical (unpaired) electrons. The molecule has 0 saturated heterocycles. The molecule has 0 aliphatic heterocycles. The molecule has 3 rings (SSSR count). The van der Waals surface area contributed by atoms with Crippen molar-refractivity contribution in [1.82, 2.24) is 0 Å². The van der Waals surface area contributed by atoms with Gasteiger partial charge in [0, 0.05) is 12.2 Å². The van der Waals surface area contributed by atoms with Gasteiger partial charge >= 0.3 is 0 Å². The molecule has 0 aromatic heterocycles. The first kappa shape index (κ1) is 24.5.